The quantitative estimate of drug-likeness (QED) is 0.575. The van der Waals surface area contributed by atoms with Gasteiger partial charge in [-0.15, -0.1) is 23.2 Å². The Balaban J connectivity index is 2.39. The maximum Gasteiger partial charge on any atom is 0.0411 e. The number of hydrogen-bond acceptors (Lipinski definition) is 0. The maximum absolute atomic E-state index is 6.37. The summed E-state index contributed by atoms with van der Waals surface area (Å²) >= 11 is 12.5. The molecule has 2 saturated carbocycles. The Labute approximate surface area is 84.6 Å². The molecule has 0 heterocycles. The lowest BCUT2D eigenvalue weighted by Gasteiger charge is -2.38. The third-order valence-corrected chi connectivity index (χ3v) is 5.65. The lowest BCUT2D eigenvalue weighted by atomic mass is 9.70. The molecule has 2 aliphatic rings. The van der Waals surface area contributed by atoms with Gasteiger partial charge in [0.2, 0.25) is 0 Å². The van der Waals surface area contributed by atoms with E-state index in [-0.39, 0.29) is 5.41 Å². The summed E-state index contributed by atoms with van der Waals surface area (Å²) in [5, 5.41) is 0.323. The normalized spacial score (nSPS) is 50.0. The molecule has 2 aliphatic carbocycles. The number of halogens is 2. The molecule has 0 aromatic rings. The van der Waals surface area contributed by atoms with E-state index in [4.69, 9.17) is 23.2 Å². The molecule has 2 bridgehead atoms. The van der Waals surface area contributed by atoms with Crippen LogP contribution in [0.3, 0.4) is 0 Å². The van der Waals surface area contributed by atoms with E-state index < -0.39 is 0 Å². The molecule has 0 saturated heterocycles. The van der Waals surface area contributed by atoms with Crippen molar-refractivity contribution in [3.8, 4) is 0 Å². The molecular formula is C10H16Cl2. The second-order valence-corrected chi connectivity index (χ2v) is 5.74. The second-order valence-electron chi connectivity index (χ2n) is 4.95. The van der Waals surface area contributed by atoms with Crippen LogP contribution in [0.15, 0.2) is 0 Å². The van der Waals surface area contributed by atoms with E-state index in [2.05, 4.69) is 13.8 Å². The monoisotopic (exact) mass is 206 g/mol. The van der Waals surface area contributed by atoms with E-state index in [0.29, 0.717) is 10.8 Å². The summed E-state index contributed by atoms with van der Waals surface area (Å²) < 4.78 is 0. The van der Waals surface area contributed by atoms with Gasteiger partial charge >= 0.3 is 0 Å². The number of hydrogen-bond donors (Lipinski definition) is 0. The zero-order valence-electron chi connectivity index (χ0n) is 7.74. The van der Waals surface area contributed by atoms with Gasteiger partial charge in [0.05, 0.1) is 0 Å². The van der Waals surface area contributed by atoms with Gasteiger partial charge in [0.25, 0.3) is 0 Å². The molecule has 0 aromatic heterocycles. The van der Waals surface area contributed by atoms with Gasteiger partial charge in [-0.3, -0.25) is 0 Å². The molecule has 0 spiro atoms. The molecule has 0 unspecified atom stereocenters. The van der Waals surface area contributed by atoms with E-state index in [1.54, 1.807) is 0 Å². The molecule has 2 rings (SSSR count). The van der Waals surface area contributed by atoms with Crippen LogP contribution in [0.2, 0.25) is 0 Å². The predicted molar refractivity (Wildman–Crippen MR) is 53.9 cm³/mol. The van der Waals surface area contributed by atoms with Crippen molar-refractivity contribution in [2.75, 3.05) is 5.88 Å². The van der Waals surface area contributed by atoms with Gasteiger partial charge < -0.3 is 0 Å². The molecule has 3 atom stereocenters. The summed E-state index contributed by atoms with van der Waals surface area (Å²) in [5.41, 5.74) is 0.613. The Hall–Kier alpha value is 0.580. The van der Waals surface area contributed by atoms with Crippen LogP contribution in [0.5, 0.6) is 0 Å². The first-order chi connectivity index (χ1) is 5.54. The van der Waals surface area contributed by atoms with Crippen molar-refractivity contribution in [1.29, 1.82) is 0 Å². The first-order valence-electron chi connectivity index (χ1n) is 4.74. The van der Waals surface area contributed by atoms with Gasteiger partial charge in [0.15, 0.2) is 0 Å². The Bertz CT molecular complexity index is 200. The van der Waals surface area contributed by atoms with Gasteiger partial charge in [-0.1, -0.05) is 13.8 Å². The van der Waals surface area contributed by atoms with Crippen molar-refractivity contribution in [3.05, 3.63) is 0 Å². The largest absolute Gasteiger partial charge is 0.126 e. The topological polar surface area (TPSA) is 0 Å². The lowest BCUT2D eigenvalue weighted by Crippen LogP contribution is -2.37. The standard InChI is InChI=1S/C10H16Cl2/c1-9(2)7-3-4-10(9,6-11)8(12)5-7/h7-8H,3-6H2,1-2H3/t7-,8-,10-/m1/s1. The fourth-order valence-corrected chi connectivity index (χ4v) is 4.72. The minimum Gasteiger partial charge on any atom is -0.126 e. The highest BCUT2D eigenvalue weighted by Gasteiger charge is 2.62. The van der Waals surface area contributed by atoms with E-state index in [9.17, 15) is 0 Å². The summed E-state index contributed by atoms with van der Waals surface area (Å²) in [6.45, 7) is 4.69. The van der Waals surface area contributed by atoms with Crippen LogP contribution in [0.1, 0.15) is 33.1 Å². The van der Waals surface area contributed by atoms with Crippen LogP contribution < -0.4 is 0 Å². The highest BCUT2D eigenvalue weighted by Crippen LogP contribution is 2.67. The minimum absolute atomic E-state index is 0.237. The van der Waals surface area contributed by atoms with Gasteiger partial charge in [-0.25, -0.2) is 0 Å². The summed E-state index contributed by atoms with van der Waals surface area (Å²) in [6.07, 6.45) is 3.76. The highest BCUT2D eigenvalue weighted by molar-refractivity contribution is 6.23. The molecule has 0 amide bonds. The Kier molecular flexibility index (Phi) is 1.94. The predicted octanol–water partition coefficient (Wildman–Crippen LogP) is 3.66. The summed E-state index contributed by atoms with van der Waals surface area (Å²) in [4.78, 5) is 0. The molecule has 12 heavy (non-hydrogen) atoms. The van der Waals surface area contributed by atoms with Crippen LogP contribution >= 0.6 is 23.2 Å². The lowest BCUT2D eigenvalue weighted by molar-refractivity contribution is 0.159. The van der Waals surface area contributed by atoms with Crippen molar-refractivity contribution in [2.45, 2.75) is 38.5 Å². The summed E-state index contributed by atoms with van der Waals surface area (Å²) in [7, 11) is 0. The van der Waals surface area contributed by atoms with Crippen LogP contribution in [-0.2, 0) is 0 Å². The van der Waals surface area contributed by atoms with E-state index in [1.807, 2.05) is 0 Å². The van der Waals surface area contributed by atoms with Crippen LogP contribution in [0.25, 0.3) is 0 Å². The third-order valence-electron chi connectivity index (χ3n) is 4.57. The van der Waals surface area contributed by atoms with E-state index >= 15 is 0 Å². The first kappa shape index (κ1) is 9.15. The zero-order chi connectivity index (χ0) is 8.98. The van der Waals surface area contributed by atoms with Crippen molar-refractivity contribution >= 4 is 23.2 Å². The zero-order valence-corrected chi connectivity index (χ0v) is 9.25. The SMILES string of the molecule is CC1(C)[C@@H]2CC[C@@]1(CCl)[C@H](Cl)C2. The van der Waals surface area contributed by atoms with Crippen molar-refractivity contribution in [1.82, 2.24) is 0 Å². The van der Waals surface area contributed by atoms with Gasteiger partial charge in [-0.2, -0.15) is 0 Å². The van der Waals surface area contributed by atoms with Gasteiger partial charge in [0, 0.05) is 16.7 Å². The number of fused-ring (bicyclic) bond motifs is 2. The van der Waals surface area contributed by atoms with Gasteiger partial charge in [0.1, 0.15) is 0 Å². The molecule has 2 heteroatoms. The Morgan fingerprint density at radius 1 is 1.42 bits per heavy atom. The smallest absolute Gasteiger partial charge is 0.0411 e. The van der Waals surface area contributed by atoms with Crippen LogP contribution in [0.4, 0.5) is 0 Å². The number of alkyl halides is 2. The summed E-state index contributed by atoms with van der Waals surface area (Å²) in [5.74, 6) is 1.56. The highest BCUT2D eigenvalue weighted by atomic mass is 35.5. The average Bonchev–Trinajstić information content (AvgIpc) is 2.36. The van der Waals surface area contributed by atoms with Crippen LogP contribution in [0, 0.1) is 16.7 Å². The fraction of sp³-hybridized carbons (Fsp3) is 1.00. The van der Waals surface area contributed by atoms with Crippen LogP contribution in [-0.4, -0.2) is 11.3 Å². The average molecular weight is 207 g/mol. The van der Waals surface area contributed by atoms with Crippen molar-refractivity contribution in [3.63, 3.8) is 0 Å². The Morgan fingerprint density at radius 3 is 2.33 bits per heavy atom. The fourth-order valence-electron chi connectivity index (χ4n) is 3.29. The molecule has 0 nitrogen and oxygen atoms in total. The molecule has 0 aliphatic heterocycles. The molecular weight excluding hydrogens is 191 g/mol. The maximum atomic E-state index is 6.37. The van der Waals surface area contributed by atoms with E-state index in [0.717, 1.165) is 11.8 Å². The minimum atomic E-state index is 0.237. The molecule has 2 fully saturated rings. The molecule has 0 aromatic carbocycles. The molecule has 0 N–H and O–H groups in total. The van der Waals surface area contributed by atoms with Crippen molar-refractivity contribution in [2.24, 2.45) is 16.7 Å². The van der Waals surface area contributed by atoms with E-state index in [1.165, 1.54) is 19.3 Å². The second kappa shape index (κ2) is 2.54. The summed E-state index contributed by atoms with van der Waals surface area (Å²) in [6, 6.07) is 0. The first-order valence-corrected chi connectivity index (χ1v) is 5.72. The molecule has 0 radical (unpaired) electrons. The van der Waals surface area contributed by atoms with Crippen molar-refractivity contribution < 1.29 is 0 Å². The van der Waals surface area contributed by atoms with Gasteiger partial charge in [-0.05, 0) is 30.6 Å². The number of rotatable bonds is 1. The molecule has 70 valence electrons. The Morgan fingerprint density at radius 2 is 2.08 bits per heavy atom. The third kappa shape index (κ3) is 0.812.